The van der Waals surface area contributed by atoms with E-state index < -0.39 is 17.6 Å². The molecule has 1 aromatic heterocycles. The molecule has 1 aliphatic heterocycles. The number of aromatic nitrogens is 1. The van der Waals surface area contributed by atoms with E-state index in [-0.39, 0.29) is 5.82 Å². The first-order valence-electron chi connectivity index (χ1n) is 6.15. The van der Waals surface area contributed by atoms with Gasteiger partial charge in [0, 0.05) is 38.3 Å². The third kappa shape index (κ3) is 2.16. The van der Waals surface area contributed by atoms with Gasteiger partial charge >= 0.3 is 0 Å². The molecule has 0 unspecified atom stereocenters. The Bertz CT molecular complexity index is 454. The highest BCUT2D eigenvalue weighted by Crippen LogP contribution is 2.28. The Labute approximate surface area is 103 Å². The predicted octanol–water partition coefficient (Wildman–Crippen LogP) is 1.78. The maximum absolute atomic E-state index is 13.6. The molecule has 0 aromatic carbocycles. The Morgan fingerprint density at radius 2 is 1.67 bits per heavy atom. The Hall–Kier alpha value is -1.30. The van der Waals surface area contributed by atoms with Crippen LogP contribution in [-0.4, -0.2) is 42.1 Å². The molecule has 0 amide bonds. The van der Waals surface area contributed by atoms with Crippen LogP contribution in [0.3, 0.4) is 0 Å². The van der Waals surface area contributed by atoms with Crippen molar-refractivity contribution in [3.63, 3.8) is 0 Å². The molecule has 98 valence electrons. The molecule has 18 heavy (non-hydrogen) atoms. The van der Waals surface area contributed by atoms with E-state index in [0.717, 1.165) is 13.1 Å². The molecule has 0 bridgehead atoms. The maximum Gasteiger partial charge on any atom is 0.251 e. The van der Waals surface area contributed by atoms with Gasteiger partial charge in [-0.2, -0.15) is 9.37 Å². The fourth-order valence-corrected chi connectivity index (χ4v) is 2.40. The number of piperazine rings is 1. The predicted molar refractivity (Wildman–Crippen MR) is 60.9 cm³/mol. The summed E-state index contributed by atoms with van der Waals surface area (Å²) in [5.74, 6) is -3.36. The number of anilines is 1. The van der Waals surface area contributed by atoms with Crippen molar-refractivity contribution in [3.8, 4) is 0 Å². The van der Waals surface area contributed by atoms with Gasteiger partial charge in [0.15, 0.2) is 17.5 Å². The molecule has 0 spiro atoms. The van der Waals surface area contributed by atoms with Crippen LogP contribution >= 0.6 is 0 Å². The summed E-state index contributed by atoms with van der Waals surface area (Å²) in [5.41, 5.74) is 0. The van der Waals surface area contributed by atoms with E-state index in [9.17, 15) is 13.2 Å². The average Bonchev–Trinajstić information content (AvgIpc) is 3.18. The fourth-order valence-electron chi connectivity index (χ4n) is 2.40. The second-order valence-electron chi connectivity index (χ2n) is 4.82. The third-order valence-electron chi connectivity index (χ3n) is 3.55. The van der Waals surface area contributed by atoms with Crippen LogP contribution in [0.5, 0.6) is 0 Å². The van der Waals surface area contributed by atoms with Gasteiger partial charge in [0.05, 0.1) is 0 Å². The third-order valence-corrected chi connectivity index (χ3v) is 3.55. The number of rotatable bonds is 2. The molecule has 0 N–H and O–H groups in total. The zero-order valence-corrected chi connectivity index (χ0v) is 9.87. The van der Waals surface area contributed by atoms with Gasteiger partial charge in [0.25, 0.3) is 5.95 Å². The van der Waals surface area contributed by atoms with Gasteiger partial charge in [-0.1, -0.05) is 0 Å². The number of pyridine rings is 1. The fraction of sp³-hybridized carbons (Fsp3) is 0.583. The Balaban J connectivity index is 1.73. The number of hydrogen-bond acceptors (Lipinski definition) is 3. The highest BCUT2D eigenvalue weighted by atomic mass is 19.2. The van der Waals surface area contributed by atoms with Crippen LogP contribution in [0, 0.1) is 17.6 Å². The normalized spacial score (nSPS) is 21.4. The molecule has 2 fully saturated rings. The van der Waals surface area contributed by atoms with E-state index >= 15 is 0 Å². The molecule has 1 saturated carbocycles. The quantitative estimate of drug-likeness (QED) is 0.753. The first kappa shape index (κ1) is 11.8. The summed E-state index contributed by atoms with van der Waals surface area (Å²) in [4.78, 5) is 7.40. The zero-order valence-electron chi connectivity index (χ0n) is 9.87. The van der Waals surface area contributed by atoms with Crippen molar-refractivity contribution in [1.82, 2.24) is 9.88 Å². The summed E-state index contributed by atoms with van der Waals surface area (Å²) in [5, 5.41) is 0. The number of hydrogen-bond donors (Lipinski definition) is 0. The number of halogens is 3. The minimum absolute atomic E-state index is 0.0793. The molecular formula is C12H14F3N3. The van der Waals surface area contributed by atoms with Crippen molar-refractivity contribution in [2.24, 2.45) is 0 Å². The van der Waals surface area contributed by atoms with Gasteiger partial charge in [-0.25, -0.2) is 8.78 Å². The highest BCUT2D eigenvalue weighted by molar-refractivity contribution is 5.40. The van der Waals surface area contributed by atoms with Crippen LogP contribution in [0.4, 0.5) is 19.0 Å². The molecule has 3 rings (SSSR count). The van der Waals surface area contributed by atoms with Gasteiger partial charge in [-0.15, -0.1) is 0 Å². The van der Waals surface area contributed by atoms with Gasteiger partial charge < -0.3 is 4.90 Å². The average molecular weight is 257 g/mol. The summed E-state index contributed by atoms with van der Waals surface area (Å²) >= 11 is 0. The summed E-state index contributed by atoms with van der Waals surface area (Å²) in [6, 6.07) is 1.24. The summed E-state index contributed by atoms with van der Waals surface area (Å²) in [6.45, 7) is 2.85. The van der Waals surface area contributed by atoms with Crippen LogP contribution in [0.1, 0.15) is 12.8 Å². The van der Waals surface area contributed by atoms with Crippen molar-refractivity contribution in [2.45, 2.75) is 18.9 Å². The van der Waals surface area contributed by atoms with Crippen LogP contribution in [-0.2, 0) is 0 Å². The van der Waals surface area contributed by atoms with Gasteiger partial charge in [-0.3, -0.25) is 4.90 Å². The summed E-state index contributed by atoms with van der Waals surface area (Å²) in [7, 11) is 0. The molecule has 1 aliphatic carbocycles. The van der Waals surface area contributed by atoms with E-state index in [4.69, 9.17) is 0 Å². The Morgan fingerprint density at radius 3 is 2.28 bits per heavy atom. The number of nitrogens with zero attached hydrogens (tertiary/aromatic N) is 3. The molecule has 0 atom stereocenters. The first-order chi connectivity index (χ1) is 8.65. The Morgan fingerprint density at radius 1 is 1.00 bits per heavy atom. The van der Waals surface area contributed by atoms with E-state index in [1.165, 1.54) is 12.8 Å². The lowest BCUT2D eigenvalue weighted by molar-refractivity contribution is 0.246. The standard InChI is InChI=1S/C12H14F3N3/c13-9-7-10(14)12(16-11(9)15)18-5-3-17(4-6-18)8-1-2-8/h7-8H,1-6H2. The van der Waals surface area contributed by atoms with Gasteiger partial charge in [-0.05, 0) is 12.8 Å². The molecule has 1 saturated heterocycles. The molecular weight excluding hydrogens is 243 g/mol. The van der Waals surface area contributed by atoms with Gasteiger partial charge in [0.1, 0.15) is 0 Å². The lowest BCUT2D eigenvalue weighted by Gasteiger charge is -2.35. The second-order valence-corrected chi connectivity index (χ2v) is 4.82. The van der Waals surface area contributed by atoms with Crippen LogP contribution in [0.15, 0.2) is 6.07 Å². The first-order valence-corrected chi connectivity index (χ1v) is 6.15. The Kier molecular flexibility index (Phi) is 2.89. The minimum Gasteiger partial charge on any atom is -0.352 e. The molecule has 0 radical (unpaired) electrons. The molecule has 2 heterocycles. The molecule has 3 nitrogen and oxygen atoms in total. The van der Waals surface area contributed by atoms with Crippen molar-refractivity contribution in [1.29, 1.82) is 0 Å². The lowest BCUT2D eigenvalue weighted by atomic mass is 10.3. The van der Waals surface area contributed by atoms with Crippen LogP contribution in [0.2, 0.25) is 0 Å². The van der Waals surface area contributed by atoms with Crippen molar-refractivity contribution in [2.75, 3.05) is 31.1 Å². The zero-order chi connectivity index (χ0) is 12.7. The summed E-state index contributed by atoms with van der Waals surface area (Å²) < 4.78 is 39.4. The lowest BCUT2D eigenvalue weighted by Crippen LogP contribution is -2.47. The topological polar surface area (TPSA) is 19.4 Å². The smallest absolute Gasteiger partial charge is 0.251 e. The molecule has 6 heteroatoms. The molecule has 1 aromatic rings. The van der Waals surface area contributed by atoms with Crippen molar-refractivity contribution < 1.29 is 13.2 Å². The van der Waals surface area contributed by atoms with Crippen molar-refractivity contribution >= 4 is 5.82 Å². The van der Waals surface area contributed by atoms with Crippen LogP contribution < -0.4 is 4.90 Å². The van der Waals surface area contributed by atoms with Crippen LogP contribution in [0.25, 0.3) is 0 Å². The SMILES string of the molecule is Fc1cc(F)c(N2CCN(C3CC3)CC2)nc1F. The largest absolute Gasteiger partial charge is 0.352 e. The van der Waals surface area contributed by atoms with Gasteiger partial charge in [0.2, 0.25) is 0 Å². The van der Waals surface area contributed by atoms with E-state index in [2.05, 4.69) is 9.88 Å². The van der Waals surface area contributed by atoms with Crippen molar-refractivity contribution in [3.05, 3.63) is 23.6 Å². The monoisotopic (exact) mass is 257 g/mol. The van der Waals surface area contributed by atoms with E-state index in [1.807, 2.05) is 0 Å². The molecule has 2 aliphatic rings. The minimum atomic E-state index is -1.24. The highest BCUT2D eigenvalue weighted by Gasteiger charge is 2.32. The maximum atomic E-state index is 13.6. The van der Waals surface area contributed by atoms with E-state index in [1.54, 1.807) is 4.90 Å². The summed E-state index contributed by atoms with van der Waals surface area (Å²) in [6.07, 6.45) is 2.47. The second kappa shape index (κ2) is 4.42. The van der Waals surface area contributed by atoms with E-state index in [0.29, 0.717) is 25.2 Å².